The van der Waals surface area contributed by atoms with Crippen molar-refractivity contribution < 1.29 is 14.1 Å². The predicted molar refractivity (Wildman–Crippen MR) is 101 cm³/mol. The van der Waals surface area contributed by atoms with E-state index in [4.69, 9.17) is 20.9 Å². The normalized spacial score (nSPS) is 10.6. The lowest BCUT2D eigenvalue weighted by Gasteiger charge is -2.08. The van der Waals surface area contributed by atoms with Gasteiger partial charge in [0.2, 0.25) is 0 Å². The molecular formula is C20H19ClN2O3. The maximum absolute atomic E-state index is 12.7. The van der Waals surface area contributed by atoms with Gasteiger partial charge in [0.25, 0.3) is 5.91 Å². The van der Waals surface area contributed by atoms with E-state index in [1.165, 1.54) is 0 Å². The number of carbonyl (C=O) groups is 1. The van der Waals surface area contributed by atoms with Gasteiger partial charge >= 0.3 is 0 Å². The van der Waals surface area contributed by atoms with Crippen LogP contribution in [0.3, 0.4) is 0 Å². The summed E-state index contributed by atoms with van der Waals surface area (Å²) >= 11 is 6.23. The van der Waals surface area contributed by atoms with E-state index in [1.54, 1.807) is 26.2 Å². The summed E-state index contributed by atoms with van der Waals surface area (Å²) < 4.78 is 10.6. The van der Waals surface area contributed by atoms with E-state index in [2.05, 4.69) is 10.5 Å². The number of nitrogens with one attached hydrogen (secondary N) is 1. The lowest BCUT2D eigenvalue weighted by atomic mass is 10.1. The molecule has 134 valence electrons. The largest absolute Gasteiger partial charge is 0.497 e. The Morgan fingerprint density at radius 1 is 1.23 bits per heavy atom. The van der Waals surface area contributed by atoms with Gasteiger partial charge in [-0.05, 0) is 43.2 Å². The van der Waals surface area contributed by atoms with Crippen molar-refractivity contribution in [3.8, 4) is 17.1 Å². The second kappa shape index (κ2) is 8.06. The molecule has 2 aromatic carbocycles. The summed E-state index contributed by atoms with van der Waals surface area (Å²) in [6.45, 7) is 2.22. The van der Waals surface area contributed by atoms with Gasteiger partial charge in [-0.1, -0.05) is 41.0 Å². The molecule has 3 aromatic rings. The Bertz CT molecular complexity index is 921. The number of nitrogens with zero attached hydrogens (tertiary/aromatic N) is 1. The molecule has 0 saturated heterocycles. The minimum Gasteiger partial charge on any atom is -0.497 e. The third-order valence-corrected chi connectivity index (χ3v) is 4.37. The molecule has 1 N–H and O–H groups in total. The van der Waals surface area contributed by atoms with Gasteiger partial charge in [0.05, 0.1) is 17.8 Å². The van der Waals surface area contributed by atoms with Crippen LogP contribution in [0.1, 0.15) is 21.6 Å². The Kier molecular flexibility index (Phi) is 5.58. The van der Waals surface area contributed by atoms with Crippen LogP contribution < -0.4 is 10.1 Å². The first kappa shape index (κ1) is 18.0. The van der Waals surface area contributed by atoms with E-state index in [0.717, 1.165) is 11.3 Å². The molecule has 1 amide bonds. The van der Waals surface area contributed by atoms with E-state index >= 15 is 0 Å². The zero-order chi connectivity index (χ0) is 18.5. The molecule has 0 aliphatic heterocycles. The molecule has 0 fully saturated rings. The standard InChI is InChI=1S/C20H19ClN2O3/c1-13-18(19(26-23-13)16-8-3-4-9-17(16)21)20(24)22-11-10-14-6-5-7-15(12-14)25-2/h3-9,12H,10-11H2,1-2H3,(H,22,24). The zero-order valence-corrected chi connectivity index (χ0v) is 15.3. The third kappa shape index (κ3) is 3.89. The van der Waals surface area contributed by atoms with Gasteiger partial charge in [0.15, 0.2) is 5.76 Å². The minimum atomic E-state index is -0.235. The van der Waals surface area contributed by atoms with Crippen LogP contribution in [0.15, 0.2) is 53.1 Å². The fraction of sp³-hybridized carbons (Fsp3) is 0.200. The van der Waals surface area contributed by atoms with Crippen LogP contribution in [0.2, 0.25) is 5.02 Å². The molecule has 0 aliphatic rings. The van der Waals surface area contributed by atoms with Crippen LogP contribution in [-0.2, 0) is 6.42 Å². The SMILES string of the molecule is COc1cccc(CCNC(=O)c2c(C)noc2-c2ccccc2Cl)c1. The number of rotatable bonds is 6. The van der Waals surface area contributed by atoms with E-state index in [9.17, 15) is 4.79 Å². The number of ether oxygens (including phenoxy) is 1. The Labute approximate surface area is 156 Å². The van der Waals surface area contributed by atoms with Crippen LogP contribution >= 0.6 is 11.6 Å². The Hall–Kier alpha value is -2.79. The zero-order valence-electron chi connectivity index (χ0n) is 14.6. The lowest BCUT2D eigenvalue weighted by Crippen LogP contribution is -2.26. The minimum absolute atomic E-state index is 0.235. The van der Waals surface area contributed by atoms with Crippen molar-refractivity contribution in [2.75, 3.05) is 13.7 Å². The maximum atomic E-state index is 12.7. The maximum Gasteiger partial charge on any atom is 0.257 e. The van der Waals surface area contributed by atoms with Gasteiger partial charge < -0.3 is 14.6 Å². The highest BCUT2D eigenvalue weighted by Gasteiger charge is 2.22. The van der Waals surface area contributed by atoms with Gasteiger partial charge in [-0.15, -0.1) is 0 Å². The first-order valence-corrected chi connectivity index (χ1v) is 8.60. The monoisotopic (exact) mass is 370 g/mol. The number of halogens is 1. The summed E-state index contributed by atoms with van der Waals surface area (Å²) in [5, 5.41) is 7.36. The summed E-state index contributed by atoms with van der Waals surface area (Å²) in [6.07, 6.45) is 0.689. The first-order valence-electron chi connectivity index (χ1n) is 8.22. The number of aromatic nitrogens is 1. The Balaban J connectivity index is 1.72. The summed E-state index contributed by atoms with van der Waals surface area (Å²) in [7, 11) is 1.63. The van der Waals surface area contributed by atoms with Gasteiger partial charge in [-0.25, -0.2) is 0 Å². The average Bonchev–Trinajstić information content (AvgIpc) is 3.03. The number of hydrogen-bond acceptors (Lipinski definition) is 4. The van der Waals surface area contributed by atoms with Crippen molar-refractivity contribution in [3.05, 3.63) is 70.4 Å². The molecule has 5 nitrogen and oxygen atoms in total. The van der Waals surface area contributed by atoms with Crippen LogP contribution in [0.4, 0.5) is 0 Å². The molecule has 26 heavy (non-hydrogen) atoms. The fourth-order valence-electron chi connectivity index (χ4n) is 2.70. The highest BCUT2D eigenvalue weighted by Crippen LogP contribution is 2.31. The second-order valence-electron chi connectivity index (χ2n) is 5.81. The van der Waals surface area contributed by atoms with Gasteiger partial charge in [0, 0.05) is 12.1 Å². The highest BCUT2D eigenvalue weighted by atomic mass is 35.5. The average molecular weight is 371 g/mol. The molecule has 0 aliphatic carbocycles. The van der Waals surface area contributed by atoms with E-state index in [-0.39, 0.29) is 5.91 Å². The fourth-order valence-corrected chi connectivity index (χ4v) is 2.92. The van der Waals surface area contributed by atoms with E-state index in [0.29, 0.717) is 40.6 Å². The van der Waals surface area contributed by atoms with Gasteiger partial charge in [-0.2, -0.15) is 0 Å². The highest BCUT2D eigenvalue weighted by molar-refractivity contribution is 6.33. The smallest absolute Gasteiger partial charge is 0.257 e. The summed E-state index contributed by atoms with van der Waals surface area (Å²) in [4.78, 5) is 12.7. The van der Waals surface area contributed by atoms with Crippen molar-refractivity contribution in [1.82, 2.24) is 10.5 Å². The van der Waals surface area contributed by atoms with Crippen molar-refractivity contribution in [2.24, 2.45) is 0 Å². The molecule has 1 aromatic heterocycles. The number of methoxy groups -OCH3 is 1. The molecule has 0 unspecified atom stereocenters. The third-order valence-electron chi connectivity index (χ3n) is 4.04. The van der Waals surface area contributed by atoms with Crippen molar-refractivity contribution in [1.29, 1.82) is 0 Å². The Morgan fingerprint density at radius 3 is 2.81 bits per heavy atom. The van der Waals surface area contributed by atoms with Gasteiger partial charge in [0.1, 0.15) is 11.3 Å². The van der Waals surface area contributed by atoms with Crippen LogP contribution in [0, 0.1) is 6.92 Å². The molecule has 6 heteroatoms. The second-order valence-corrected chi connectivity index (χ2v) is 6.22. The molecule has 0 spiro atoms. The number of amides is 1. The summed E-state index contributed by atoms with van der Waals surface area (Å²) in [5.41, 5.74) is 2.66. The van der Waals surface area contributed by atoms with Crippen molar-refractivity contribution in [3.63, 3.8) is 0 Å². The number of benzene rings is 2. The molecule has 0 saturated carbocycles. The lowest BCUT2D eigenvalue weighted by molar-refractivity contribution is 0.0954. The van der Waals surface area contributed by atoms with E-state index in [1.807, 2.05) is 36.4 Å². The summed E-state index contributed by atoms with van der Waals surface area (Å²) in [5.74, 6) is 0.943. The number of aryl methyl sites for hydroxylation is 1. The first-order chi connectivity index (χ1) is 12.6. The van der Waals surface area contributed by atoms with Crippen LogP contribution in [-0.4, -0.2) is 24.7 Å². The molecule has 1 heterocycles. The number of hydrogen-bond donors (Lipinski definition) is 1. The molecule has 3 rings (SSSR count). The molecule has 0 radical (unpaired) electrons. The summed E-state index contributed by atoms with van der Waals surface area (Å²) in [6, 6.07) is 15.0. The van der Waals surface area contributed by atoms with Crippen LogP contribution in [0.5, 0.6) is 5.75 Å². The van der Waals surface area contributed by atoms with Crippen LogP contribution in [0.25, 0.3) is 11.3 Å². The van der Waals surface area contributed by atoms with E-state index < -0.39 is 0 Å². The molecule has 0 bridgehead atoms. The van der Waals surface area contributed by atoms with Crippen molar-refractivity contribution >= 4 is 17.5 Å². The van der Waals surface area contributed by atoms with Gasteiger partial charge in [-0.3, -0.25) is 4.79 Å². The predicted octanol–water partition coefficient (Wildman–Crippen LogP) is 4.28. The van der Waals surface area contributed by atoms with Crippen molar-refractivity contribution in [2.45, 2.75) is 13.3 Å². The quantitative estimate of drug-likeness (QED) is 0.703. The Morgan fingerprint density at radius 2 is 2.04 bits per heavy atom. The molecule has 0 atom stereocenters. The topological polar surface area (TPSA) is 64.4 Å². The molecular weight excluding hydrogens is 352 g/mol. The number of carbonyl (C=O) groups excluding carboxylic acids is 1.